The number of hydrogen-bond donors (Lipinski definition) is 3. The molecule has 0 spiro atoms. The number of rotatable bonds is 5. The molecule has 0 aliphatic carbocycles. The minimum absolute atomic E-state index is 0.0693. The van der Waals surface area contributed by atoms with E-state index in [0.29, 0.717) is 5.56 Å². The van der Waals surface area contributed by atoms with E-state index in [0.717, 1.165) is 0 Å². The molecule has 0 unspecified atom stereocenters. The van der Waals surface area contributed by atoms with Gasteiger partial charge < -0.3 is 15.7 Å². The van der Waals surface area contributed by atoms with Crippen LogP contribution in [0.1, 0.15) is 12.5 Å². The van der Waals surface area contributed by atoms with Crippen LogP contribution in [0.3, 0.4) is 0 Å². The molecule has 0 aliphatic rings. The number of nitro groups is 1. The van der Waals surface area contributed by atoms with Crippen LogP contribution in [-0.2, 0) is 11.3 Å². The minimum Gasteiger partial charge on any atom is -0.480 e. The average Bonchev–Trinajstić information content (AvgIpc) is 2.36. The SMILES string of the molecule is C[C@H](NC(=O)NCc1cccc([N+](=O)[O-])c1)C(=O)O. The Morgan fingerprint density at radius 2 is 2.16 bits per heavy atom. The summed E-state index contributed by atoms with van der Waals surface area (Å²) < 4.78 is 0. The summed E-state index contributed by atoms with van der Waals surface area (Å²) in [5.74, 6) is -1.15. The van der Waals surface area contributed by atoms with Crippen LogP contribution >= 0.6 is 0 Å². The first-order chi connectivity index (χ1) is 8.90. The molecule has 1 rings (SSSR count). The standard InChI is InChI=1S/C11H13N3O5/c1-7(10(15)16)13-11(17)12-6-8-3-2-4-9(5-8)14(18)19/h2-5,7H,6H2,1H3,(H,15,16)(H2,12,13,17)/t7-/m0/s1. The van der Waals surface area contributed by atoms with Crippen LogP contribution < -0.4 is 10.6 Å². The van der Waals surface area contributed by atoms with Crippen LogP contribution in [-0.4, -0.2) is 28.1 Å². The number of nitro benzene ring substituents is 1. The van der Waals surface area contributed by atoms with E-state index in [1.165, 1.54) is 25.1 Å². The number of carboxylic acid groups (broad SMARTS) is 1. The van der Waals surface area contributed by atoms with Gasteiger partial charge >= 0.3 is 12.0 Å². The van der Waals surface area contributed by atoms with Crippen LogP contribution in [0.25, 0.3) is 0 Å². The van der Waals surface area contributed by atoms with Gasteiger partial charge in [-0.25, -0.2) is 4.79 Å². The van der Waals surface area contributed by atoms with Crippen molar-refractivity contribution in [3.63, 3.8) is 0 Å². The van der Waals surface area contributed by atoms with Crippen molar-refractivity contribution in [3.8, 4) is 0 Å². The Balaban J connectivity index is 2.53. The van der Waals surface area contributed by atoms with Gasteiger partial charge in [0.15, 0.2) is 0 Å². The van der Waals surface area contributed by atoms with Crippen molar-refractivity contribution in [2.75, 3.05) is 0 Å². The van der Waals surface area contributed by atoms with E-state index in [-0.39, 0.29) is 12.2 Å². The summed E-state index contributed by atoms with van der Waals surface area (Å²) >= 11 is 0. The maximum Gasteiger partial charge on any atom is 0.325 e. The van der Waals surface area contributed by atoms with E-state index in [9.17, 15) is 19.7 Å². The van der Waals surface area contributed by atoms with Gasteiger partial charge in [0.2, 0.25) is 0 Å². The molecular weight excluding hydrogens is 254 g/mol. The number of nitrogens with zero attached hydrogens (tertiary/aromatic N) is 1. The van der Waals surface area contributed by atoms with Gasteiger partial charge in [0.05, 0.1) is 4.92 Å². The van der Waals surface area contributed by atoms with Crippen molar-refractivity contribution in [2.45, 2.75) is 19.5 Å². The molecule has 0 radical (unpaired) electrons. The number of urea groups is 1. The molecule has 0 heterocycles. The summed E-state index contributed by atoms with van der Waals surface area (Å²) in [4.78, 5) is 31.9. The molecule has 1 aromatic carbocycles. The number of nitrogens with one attached hydrogen (secondary N) is 2. The Morgan fingerprint density at radius 3 is 2.74 bits per heavy atom. The number of carbonyl (C=O) groups excluding carboxylic acids is 1. The molecule has 8 nitrogen and oxygen atoms in total. The van der Waals surface area contributed by atoms with Gasteiger partial charge in [0.1, 0.15) is 6.04 Å². The van der Waals surface area contributed by atoms with Gasteiger partial charge in [-0.05, 0) is 12.5 Å². The fraction of sp³-hybridized carbons (Fsp3) is 0.273. The molecule has 3 N–H and O–H groups in total. The second-order valence-corrected chi connectivity index (χ2v) is 3.81. The highest BCUT2D eigenvalue weighted by atomic mass is 16.6. The Bertz CT molecular complexity index is 503. The van der Waals surface area contributed by atoms with Crippen molar-refractivity contribution < 1.29 is 19.6 Å². The molecule has 102 valence electrons. The first kappa shape index (κ1) is 14.4. The lowest BCUT2D eigenvalue weighted by Gasteiger charge is -2.10. The zero-order valence-electron chi connectivity index (χ0n) is 10.1. The first-order valence-corrected chi connectivity index (χ1v) is 5.40. The summed E-state index contributed by atoms with van der Waals surface area (Å²) in [7, 11) is 0. The topological polar surface area (TPSA) is 122 Å². The highest BCUT2D eigenvalue weighted by molar-refractivity contribution is 5.82. The fourth-order valence-corrected chi connectivity index (χ4v) is 1.27. The van der Waals surface area contributed by atoms with Crippen molar-refractivity contribution >= 4 is 17.7 Å². The van der Waals surface area contributed by atoms with Crippen LogP contribution in [0.4, 0.5) is 10.5 Å². The second-order valence-electron chi connectivity index (χ2n) is 3.81. The Morgan fingerprint density at radius 1 is 1.47 bits per heavy atom. The first-order valence-electron chi connectivity index (χ1n) is 5.40. The predicted molar refractivity (Wildman–Crippen MR) is 65.6 cm³/mol. The molecule has 0 bridgehead atoms. The third kappa shape index (κ3) is 4.62. The summed E-state index contributed by atoms with van der Waals surface area (Å²) in [5.41, 5.74) is 0.478. The Labute approximate surface area is 108 Å². The molecule has 19 heavy (non-hydrogen) atoms. The van der Waals surface area contributed by atoms with E-state index in [1.54, 1.807) is 6.07 Å². The van der Waals surface area contributed by atoms with Crippen molar-refractivity contribution in [2.24, 2.45) is 0 Å². The van der Waals surface area contributed by atoms with Gasteiger partial charge in [-0.3, -0.25) is 14.9 Å². The molecule has 1 atom stereocenters. The van der Waals surface area contributed by atoms with Gasteiger partial charge in [-0.1, -0.05) is 12.1 Å². The molecule has 0 aliphatic heterocycles. The lowest BCUT2D eigenvalue weighted by Crippen LogP contribution is -2.44. The van der Waals surface area contributed by atoms with Gasteiger partial charge in [0.25, 0.3) is 5.69 Å². The zero-order chi connectivity index (χ0) is 14.4. The maximum atomic E-state index is 11.3. The largest absolute Gasteiger partial charge is 0.480 e. The van der Waals surface area contributed by atoms with Gasteiger partial charge in [-0.15, -0.1) is 0 Å². The molecule has 0 saturated heterocycles. The number of benzene rings is 1. The maximum absolute atomic E-state index is 11.3. The number of non-ortho nitro benzene ring substituents is 1. The van der Waals surface area contributed by atoms with E-state index < -0.39 is 23.0 Å². The monoisotopic (exact) mass is 267 g/mol. The molecule has 0 aromatic heterocycles. The van der Waals surface area contributed by atoms with E-state index >= 15 is 0 Å². The third-order valence-electron chi connectivity index (χ3n) is 2.29. The molecule has 1 aromatic rings. The number of amides is 2. The molecular formula is C11H13N3O5. The second kappa shape index (κ2) is 6.34. The average molecular weight is 267 g/mol. The third-order valence-corrected chi connectivity index (χ3v) is 2.29. The van der Waals surface area contributed by atoms with E-state index in [1.807, 2.05) is 0 Å². The fourth-order valence-electron chi connectivity index (χ4n) is 1.27. The van der Waals surface area contributed by atoms with Crippen LogP contribution in [0.2, 0.25) is 0 Å². The van der Waals surface area contributed by atoms with Gasteiger partial charge in [-0.2, -0.15) is 0 Å². The molecule has 0 saturated carbocycles. The molecule has 0 fully saturated rings. The quantitative estimate of drug-likeness (QED) is 0.539. The normalized spacial score (nSPS) is 11.4. The summed E-state index contributed by atoms with van der Waals surface area (Å²) in [5, 5.41) is 23.8. The number of hydrogen-bond acceptors (Lipinski definition) is 4. The predicted octanol–water partition coefficient (Wildman–Crippen LogP) is 0.867. The van der Waals surface area contributed by atoms with Crippen LogP contribution in [0, 0.1) is 10.1 Å². The van der Waals surface area contributed by atoms with Gasteiger partial charge in [0, 0.05) is 18.7 Å². The zero-order valence-corrected chi connectivity index (χ0v) is 10.1. The smallest absolute Gasteiger partial charge is 0.325 e. The minimum atomic E-state index is -1.15. The lowest BCUT2D eigenvalue weighted by atomic mass is 10.2. The highest BCUT2D eigenvalue weighted by Gasteiger charge is 2.13. The van der Waals surface area contributed by atoms with E-state index in [2.05, 4.69) is 10.6 Å². The van der Waals surface area contributed by atoms with Crippen molar-refractivity contribution in [1.82, 2.24) is 10.6 Å². The Kier molecular flexibility index (Phi) is 4.81. The highest BCUT2D eigenvalue weighted by Crippen LogP contribution is 2.12. The summed E-state index contributed by atoms with van der Waals surface area (Å²) in [6.07, 6.45) is 0. The van der Waals surface area contributed by atoms with Crippen molar-refractivity contribution in [1.29, 1.82) is 0 Å². The Hall–Kier alpha value is -2.64. The number of carboxylic acids is 1. The van der Waals surface area contributed by atoms with E-state index in [4.69, 9.17) is 5.11 Å². The summed E-state index contributed by atoms with van der Waals surface area (Å²) in [6.45, 7) is 1.40. The van der Waals surface area contributed by atoms with Crippen molar-refractivity contribution in [3.05, 3.63) is 39.9 Å². The number of carbonyl (C=O) groups is 2. The summed E-state index contributed by atoms with van der Waals surface area (Å²) in [6, 6.07) is 4.14. The molecule has 8 heteroatoms. The van der Waals surface area contributed by atoms with Crippen LogP contribution in [0.15, 0.2) is 24.3 Å². The number of aliphatic carboxylic acids is 1. The lowest BCUT2D eigenvalue weighted by molar-refractivity contribution is -0.384. The molecule has 2 amide bonds. The van der Waals surface area contributed by atoms with Crippen LogP contribution in [0.5, 0.6) is 0 Å².